The van der Waals surface area contributed by atoms with Crippen LogP contribution in [-0.2, 0) is 10.0 Å². The van der Waals surface area contributed by atoms with Crippen molar-refractivity contribution in [2.45, 2.75) is 25.7 Å². The van der Waals surface area contributed by atoms with Gasteiger partial charge in [0.25, 0.3) is 0 Å². The van der Waals surface area contributed by atoms with Crippen molar-refractivity contribution in [2.24, 2.45) is 0 Å². The van der Waals surface area contributed by atoms with Crippen LogP contribution in [0.5, 0.6) is 0 Å². The van der Waals surface area contributed by atoms with Gasteiger partial charge in [-0.3, -0.25) is 4.57 Å². The zero-order valence-corrected chi connectivity index (χ0v) is 18.4. The molecule has 2 N–H and O–H groups in total. The minimum Gasteiger partial charge on any atom is -0.369 e. The van der Waals surface area contributed by atoms with E-state index in [4.69, 9.17) is 0 Å². The lowest BCUT2D eigenvalue weighted by atomic mass is 10.3. The first-order chi connectivity index (χ1) is 14.3. The highest BCUT2D eigenvalue weighted by Crippen LogP contribution is 2.24. The number of thiazole rings is 1. The molecule has 11 heteroatoms. The third kappa shape index (κ3) is 4.32. The van der Waals surface area contributed by atoms with Crippen molar-refractivity contribution in [1.82, 2.24) is 29.2 Å². The highest BCUT2D eigenvalue weighted by atomic mass is 32.2. The molecule has 0 fully saturated rings. The van der Waals surface area contributed by atoms with Gasteiger partial charge >= 0.3 is 0 Å². The summed E-state index contributed by atoms with van der Waals surface area (Å²) in [5.41, 5.74) is 0.807. The van der Waals surface area contributed by atoms with Gasteiger partial charge in [0.1, 0.15) is 23.3 Å². The summed E-state index contributed by atoms with van der Waals surface area (Å²) in [4.78, 5) is 17.6. The summed E-state index contributed by atoms with van der Waals surface area (Å²) in [6.07, 6.45) is 3.54. The van der Waals surface area contributed by atoms with Gasteiger partial charge in [0.2, 0.25) is 10.0 Å². The Morgan fingerprint density at radius 2 is 1.90 bits per heavy atom. The molecule has 0 aliphatic carbocycles. The summed E-state index contributed by atoms with van der Waals surface area (Å²) in [5, 5.41) is 4.05. The minimum absolute atomic E-state index is 0.213. The SMILES string of the molecule is Cc1nc(NCCNS(=O)(=O)c2ccc3nc(C)sc3c2)cc(-n2ccnc2C)n1. The van der Waals surface area contributed by atoms with Gasteiger partial charge in [-0.05, 0) is 39.0 Å². The molecule has 0 saturated carbocycles. The van der Waals surface area contributed by atoms with E-state index >= 15 is 0 Å². The van der Waals surface area contributed by atoms with E-state index in [1.165, 1.54) is 11.3 Å². The van der Waals surface area contributed by atoms with Crippen molar-refractivity contribution in [3.63, 3.8) is 0 Å². The van der Waals surface area contributed by atoms with E-state index in [2.05, 4.69) is 30.0 Å². The van der Waals surface area contributed by atoms with Crippen LogP contribution in [0.2, 0.25) is 0 Å². The highest BCUT2D eigenvalue weighted by molar-refractivity contribution is 7.89. The molecule has 0 amide bonds. The van der Waals surface area contributed by atoms with Crippen molar-refractivity contribution in [3.05, 3.63) is 53.3 Å². The fourth-order valence-corrected chi connectivity index (χ4v) is 5.03. The molecule has 1 aromatic carbocycles. The van der Waals surface area contributed by atoms with Crippen LogP contribution in [0.4, 0.5) is 5.82 Å². The lowest BCUT2D eigenvalue weighted by Gasteiger charge is -2.11. The summed E-state index contributed by atoms with van der Waals surface area (Å²) in [6.45, 7) is 6.19. The van der Waals surface area contributed by atoms with Crippen molar-refractivity contribution in [3.8, 4) is 5.82 Å². The molecule has 0 radical (unpaired) electrons. The molecule has 3 heterocycles. The molecule has 0 spiro atoms. The van der Waals surface area contributed by atoms with Crippen LogP contribution in [0, 0.1) is 20.8 Å². The molecule has 4 aromatic rings. The number of rotatable bonds is 7. The number of nitrogens with one attached hydrogen (secondary N) is 2. The van der Waals surface area contributed by atoms with Crippen molar-refractivity contribution in [2.75, 3.05) is 18.4 Å². The third-order valence-corrected chi connectivity index (χ3v) is 6.79. The zero-order chi connectivity index (χ0) is 21.3. The quantitative estimate of drug-likeness (QED) is 0.422. The van der Waals surface area contributed by atoms with E-state index in [0.717, 1.165) is 21.0 Å². The van der Waals surface area contributed by atoms with Crippen molar-refractivity contribution in [1.29, 1.82) is 0 Å². The van der Waals surface area contributed by atoms with E-state index in [-0.39, 0.29) is 11.4 Å². The Balaban J connectivity index is 1.40. The lowest BCUT2D eigenvalue weighted by Crippen LogP contribution is -2.29. The number of hydrogen-bond donors (Lipinski definition) is 2. The molecule has 3 aromatic heterocycles. The molecular weight excluding hydrogens is 422 g/mol. The normalized spacial score (nSPS) is 11.8. The molecule has 156 valence electrons. The van der Waals surface area contributed by atoms with Crippen molar-refractivity contribution >= 4 is 37.4 Å². The summed E-state index contributed by atoms with van der Waals surface area (Å²) in [6, 6.07) is 6.76. The molecule has 0 aliphatic rings. The van der Waals surface area contributed by atoms with Gasteiger partial charge < -0.3 is 5.32 Å². The molecule has 9 nitrogen and oxygen atoms in total. The van der Waals surface area contributed by atoms with E-state index < -0.39 is 10.0 Å². The van der Waals surface area contributed by atoms with E-state index in [9.17, 15) is 8.42 Å². The first-order valence-electron chi connectivity index (χ1n) is 9.28. The Bertz CT molecular complexity index is 1310. The minimum atomic E-state index is -3.61. The molecule has 0 aliphatic heterocycles. The van der Waals surface area contributed by atoms with Crippen LogP contribution >= 0.6 is 11.3 Å². The Hall–Kier alpha value is -2.89. The number of anilines is 1. The molecule has 4 rings (SSSR count). The number of aryl methyl sites for hydroxylation is 3. The van der Waals surface area contributed by atoms with Gasteiger partial charge in [-0.1, -0.05) is 0 Å². The second-order valence-electron chi connectivity index (χ2n) is 6.69. The maximum atomic E-state index is 12.6. The van der Waals surface area contributed by atoms with Gasteiger partial charge in [-0.2, -0.15) is 0 Å². The highest BCUT2D eigenvalue weighted by Gasteiger charge is 2.15. The van der Waals surface area contributed by atoms with Crippen LogP contribution in [-0.4, -0.2) is 46.0 Å². The van der Waals surface area contributed by atoms with Gasteiger partial charge in [0, 0.05) is 31.5 Å². The van der Waals surface area contributed by atoms with Gasteiger partial charge in [0.05, 0.1) is 20.1 Å². The monoisotopic (exact) mass is 443 g/mol. The van der Waals surface area contributed by atoms with Crippen LogP contribution in [0.1, 0.15) is 16.7 Å². The van der Waals surface area contributed by atoms with Gasteiger partial charge in [0.15, 0.2) is 0 Å². The van der Waals surface area contributed by atoms with E-state index in [1.807, 2.05) is 24.6 Å². The smallest absolute Gasteiger partial charge is 0.240 e. The van der Waals surface area contributed by atoms with Crippen LogP contribution in [0.15, 0.2) is 41.6 Å². The number of nitrogens with zero attached hydrogens (tertiary/aromatic N) is 5. The zero-order valence-electron chi connectivity index (χ0n) is 16.7. The number of imidazole rings is 1. The van der Waals surface area contributed by atoms with Crippen molar-refractivity contribution < 1.29 is 8.42 Å². The molecule has 30 heavy (non-hydrogen) atoms. The molecule has 0 atom stereocenters. The van der Waals surface area contributed by atoms with Crippen LogP contribution in [0.25, 0.3) is 16.0 Å². The van der Waals surface area contributed by atoms with Gasteiger partial charge in [-0.25, -0.2) is 33.1 Å². The summed E-state index contributed by atoms with van der Waals surface area (Å²) in [7, 11) is -3.61. The largest absolute Gasteiger partial charge is 0.369 e. The molecular formula is C19H21N7O2S2. The Morgan fingerprint density at radius 1 is 1.07 bits per heavy atom. The maximum Gasteiger partial charge on any atom is 0.240 e. The van der Waals surface area contributed by atoms with Gasteiger partial charge in [-0.15, -0.1) is 11.3 Å². The van der Waals surface area contributed by atoms with E-state index in [1.54, 1.807) is 37.4 Å². The number of sulfonamides is 1. The van der Waals surface area contributed by atoms with Crippen LogP contribution in [0.3, 0.4) is 0 Å². The number of aromatic nitrogens is 5. The van der Waals surface area contributed by atoms with E-state index in [0.29, 0.717) is 24.0 Å². The average Bonchev–Trinajstić information content (AvgIpc) is 3.28. The predicted octanol–water partition coefficient (Wildman–Crippen LogP) is 2.59. The maximum absolute atomic E-state index is 12.6. The topological polar surface area (TPSA) is 115 Å². The number of benzene rings is 1. The second kappa shape index (κ2) is 8.09. The summed E-state index contributed by atoms with van der Waals surface area (Å²) >= 11 is 1.47. The fourth-order valence-electron chi connectivity index (χ4n) is 3.03. The number of fused-ring (bicyclic) bond motifs is 1. The summed E-state index contributed by atoms with van der Waals surface area (Å²) in [5.74, 6) is 2.75. The Labute approximate surface area is 178 Å². The standard InChI is InChI=1S/C19H21N7O2S2/c1-12-23-18(11-19(24-12)26-9-8-20-13(26)2)21-6-7-22-30(27,28)15-4-5-16-17(10-15)29-14(3)25-16/h4-5,8-11,22H,6-7H2,1-3H3,(H,21,23,24). The lowest BCUT2D eigenvalue weighted by molar-refractivity contribution is 0.583. The molecule has 0 unspecified atom stereocenters. The first kappa shape index (κ1) is 20.4. The average molecular weight is 444 g/mol. The Morgan fingerprint density at radius 3 is 2.67 bits per heavy atom. The second-order valence-corrected chi connectivity index (χ2v) is 9.69. The molecule has 0 bridgehead atoms. The molecule has 0 saturated heterocycles. The number of hydrogen-bond acceptors (Lipinski definition) is 8. The summed E-state index contributed by atoms with van der Waals surface area (Å²) < 4.78 is 30.5. The Kier molecular flexibility index (Phi) is 5.50. The third-order valence-electron chi connectivity index (χ3n) is 4.40. The predicted molar refractivity (Wildman–Crippen MR) is 117 cm³/mol. The first-order valence-corrected chi connectivity index (χ1v) is 11.6. The van der Waals surface area contributed by atoms with Crippen LogP contribution < -0.4 is 10.0 Å². The fraction of sp³-hybridized carbons (Fsp3) is 0.263.